The number of pyridine rings is 1. The Balaban J connectivity index is 1.32. The third kappa shape index (κ3) is 4.92. The molecule has 0 aliphatic carbocycles. The van der Waals surface area contributed by atoms with E-state index < -0.39 is 0 Å². The van der Waals surface area contributed by atoms with Crippen molar-refractivity contribution in [3.8, 4) is 11.3 Å². The Morgan fingerprint density at radius 1 is 0.941 bits per heavy atom. The van der Waals surface area contributed by atoms with Crippen LogP contribution in [0, 0.1) is 13.8 Å². The van der Waals surface area contributed by atoms with Gasteiger partial charge in [0.15, 0.2) is 6.61 Å². The van der Waals surface area contributed by atoms with Gasteiger partial charge in [-0.1, -0.05) is 70.0 Å². The average Bonchev–Trinajstić information content (AvgIpc) is 3.43. The first-order valence-corrected chi connectivity index (χ1v) is 11.7. The summed E-state index contributed by atoms with van der Waals surface area (Å²) in [5.74, 6) is 0. The van der Waals surface area contributed by atoms with Gasteiger partial charge in [-0.05, 0) is 47.5 Å². The Bertz CT molecular complexity index is 1450. The SMILES string of the molecule is Cc1ccc(Cn2cc(CO/N=C/c3c(-c4ccc(C)cc4)nc4ccc(Br)cn34)nn2)cc1. The molecule has 0 unspecified atom stereocenters. The van der Waals surface area contributed by atoms with Crippen molar-refractivity contribution < 1.29 is 4.84 Å². The molecule has 7 nitrogen and oxygen atoms in total. The lowest BCUT2D eigenvalue weighted by Gasteiger charge is -2.02. The van der Waals surface area contributed by atoms with E-state index in [1.54, 1.807) is 10.9 Å². The summed E-state index contributed by atoms with van der Waals surface area (Å²) >= 11 is 3.54. The van der Waals surface area contributed by atoms with E-state index >= 15 is 0 Å². The van der Waals surface area contributed by atoms with Crippen LogP contribution in [0.15, 0.2) is 82.7 Å². The summed E-state index contributed by atoms with van der Waals surface area (Å²) in [7, 11) is 0. The van der Waals surface area contributed by atoms with Gasteiger partial charge >= 0.3 is 0 Å². The number of halogens is 1. The third-order valence-corrected chi connectivity index (χ3v) is 5.93. The zero-order chi connectivity index (χ0) is 23.5. The molecular weight excluding hydrogens is 492 g/mol. The first-order valence-electron chi connectivity index (χ1n) is 10.9. The number of oxime groups is 1. The lowest BCUT2D eigenvalue weighted by molar-refractivity contribution is 0.129. The molecule has 0 bridgehead atoms. The molecule has 0 aliphatic heterocycles. The first kappa shape index (κ1) is 22.0. The molecule has 0 N–H and O–H groups in total. The Kier molecular flexibility index (Phi) is 6.22. The van der Waals surface area contributed by atoms with Gasteiger partial charge in [0.1, 0.15) is 11.3 Å². The van der Waals surface area contributed by atoms with E-state index in [1.165, 1.54) is 16.7 Å². The van der Waals surface area contributed by atoms with Crippen molar-refractivity contribution in [3.63, 3.8) is 0 Å². The van der Waals surface area contributed by atoms with Gasteiger partial charge in [0.05, 0.1) is 30.3 Å². The van der Waals surface area contributed by atoms with E-state index in [1.807, 2.05) is 28.9 Å². The van der Waals surface area contributed by atoms with Crippen LogP contribution in [-0.4, -0.2) is 30.6 Å². The molecule has 8 heteroatoms. The highest BCUT2D eigenvalue weighted by Crippen LogP contribution is 2.25. The van der Waals surface area contributed by atoms with Crippen molar-refractivity contribution in [1.29, 1.82) is 0 Å². The minimum Gasteiger partial charge on any atom is -0.389 e. The van der Waals surface area contributed by atoms with E-state index in [4.69, 9.17) is 9.82 Å². The summed E-state index contributed by atoms with van der Waals surface area (Å²) in [5.41, 5.74) is 7.84. The highest BCUT2D eigenvalue weighted by atomic mass is 79.9. The Labute approximate surface area is 205 Å². The zero-order valence-electron chi connectivity index (χ0n) is 18.9. The van der Waals surface area contributed by atoms with Crippen LogP contribution in [0.25, 0.3) is 16.9 Å². The molecule has 0 amide bonds. The van der Waals surface area contributed by atoms with Gasteiger partial charge in [-0.25, -0.2) is 9.67 Å². The van der Waals surface area contributed by atoms with Crippen LogP contribution in [0.3, 0.4) is 0 Å². The van der Waals surface area contributed by atoms with Crippen molar-refractivity contribution in [2.75, 3.05) is 0 Å². The molecule has 0 radical (unpaired) electrons. The van der Waals surface area contributed by atoms with Crippen LogP contribution in [0.4, 0.5) is 0 Å². The molecule has 5 aromatic rings. The van der Waals surface area contributed by atoms with Crippen LogP contribution >= 0.6 is 15.9 Å². The predicted molar refractivity (Wildman–Crippen MR) is 136 cm³/mol. The van der Waals surface area contributed by atoms with Crippen molar-refractivity contribution in [2.45, 2.75) is 27.0 Å². The molecule has 170 valence electrons. The third-order valence-electron chi connectivity index (χ3n) is 5.46. The molecule has 5 rings (SSSR count). The van der Waals surface area contributed by atoms with Crippen LogP contribution in [0.1, 0.15) is 28.1 Å². The van der Waals surface area contributed by atoms with Gasteiger partial charge in [0.2, 0.25) is 0 Å². The summed E-state index contributed by atoms with van der Waals surface area (Å²) in [6.07, 6.45) is 5.54. The number of nitrogens with zero attached hydrogens (tertiary/aromatic N) is 6. The molecule has 0 spiro atoms. The van der Waals surface area contributed by atoms with Gasteiger partial charge in [0, 0.05) is 16.2 Å². The van der Waals surface area contributed by atoms with E-state index in [0.29, 0.717) is 12.2 Å². The number of hydrogen-bond acceptors (Lipinski definition) is 5. The molecule has 3 aromatic heterocycles. The van der Waals surface area contributed by atoms with Crippen molar-refractivity contribution in [2.24, 2.45) is 5.16 Å². The molecular formula is C26H23BrN6O. The van der Waals surface area contributed by atoms with Crippen LogP contribution < -0.4 is 0 Å². The Morgan fingerprint density at radius 3 is 2.44 bits per heavy atom. The topological polar surface area (TPSA) is 69.6 Å². The monoisotopic (exact) mass is 514 g/mol. The Morgan fingerprint density at radius 2 is 1.68 bits per heavy atom. The molecule has 0 atom stereocenters. The van der Waals surface area contributed by atoms with Crippen LogP contribution in [0.5, 0.6) is 0 Å². The molecule has 2 aromatic carbocycles. The highest BCUT2D eigenvalue weighted by Gasteiger charge is 2.13. The van der Waals surface area contributed by atoms with Crippen LogP contribution in [0.2, 0.25) is 0 Å². The number of fused-ring (bicyclic) bond motifs is 1. The summed E-state index contributed by atoms with van der Waals surface area (Å²) in [6.45, 7) is 5.03. The van der Waals surface area contributed by atoms with E-state index in [-0.39, 0.29) is 6.61 Å². The maximum Gasteiger partial charge on any atom is 0.162 e. The number of imidazole rings is 1. The second-order valence-electron chi connectivity index (χ2n) is 8.19. The van der Waals surface area contributed by atoms with Gasteiger partial charge in [-0.2, -0.15) is 0 Å². The summed E-state index contributed by atoms with van der Waals surface area (Å²) in [5, 5.41) is 12.6. The highest BCUT2D eigenvalue weighted by molar-refractivity contribution is 9.10. The Hall–Kier alpha value is -3.78. The molecule has 0 aliphatic rings. The van der Waals surface area contributed by atoms with Crippen LogP contribution in [-0.2, 0) is 18.0 Å². The summed E-state index contributed by atoms with van der Waals surface area (Å²) < 4.78 is 4.74. The van der Waals surface area contributed by atoms with Gasteiger partial charge in [-0.15, -0.1) is 5.10 Å². The molecule has 34 heavy (non-hydrogen) atoms. The van der Waals surface area contributed by atoms with E-state index in [2.05, 4.69) is 93.8 Å². The lowest BCUT2D eigenvalue weighted by atomic mass is 10.1. The van der Waals surface area contributed by atoms with E-state index in [9.17, 15) is 0 Å². The number of hydrogen-bond donors (Lipinski definition) is 0. The van der Waals surface area contributed by atoms with Gasteiger partial charge in [-0.3, -0.25) is 4.40 Å². The predicted octanol–water partition coefficient (Wildman–Crippen LogP) is 5.57. The number of aromatic nitrogens is 5. The fourth-order valence-corrected chi connectivity index (χ4v) is 3.97. The average molecular weight is 515 g/mol. The second kappa shape index (κ2) is 9.61. The maximum atomic E-state index is 5.56. The maximum absolute atomic E-state index is 5.56. The lowest BCUT2D eigenvalue weighted by Crippen LogP contribution is -2.00. The summed E-state index contributed by atoms with van der Waals surface area (Å²) in [4.78, 5) is 10.4. The molecule has 0 fully saturated rings. The quantitative estimate of drug-likeness (QED) is 0.210. The fraction of sp³-hybridized carbons (Fsp3) is 0.154. The number of rotatable bonds is 7. The number of aryl methyl sites for hydroxylation is 2. The number of benzene rings is 2. The van der Waals surface area contributed by atoms with Gasteiger partial charge < -0.3 is 4.84 Å². The fourth-order valence-electron chi connectivity index (χ4n) is 3.64. The van der Waals surface area contributed by atoms with Gasteiger partial charge in [0.25, 0.3) is 0 Å². The normalized spacial score (nSPS) is 11.5. The molecule has 0 saturated carbocycles. The largest absolute Gasteiger partial charge is 0.389 e. The standard InChI is InChI=1S/C26H23BrN6O/c1-18-3-7-20(8-4-18)14-32-16-23(30-31-32)17-34-28-13-24-26(21-9-5-19(2)6-10-21)29-25-12-11-22(27)15-33(24)25/h3-13,15-16H,14,17H2,1-2H3/b28-13+. The van der Waals surface area contributed by atoms with Crippen molar-refractivity contribution in [3.05, 3.63) is 106 Å². The minimum atomic E-state index is 0.227. The first-order chi connectivity index (χ1) is 16.5. The second-order valence-corrected chi connectivity index (χ2v) is 9.10. The molecule has 3 heterocycles. The smallest absolute Gasteiger partial charge is 0.162 e. The zero-order valence-corrected chi connectivity index (χ0v) is 20.5. The molecule has 0 saturated heterocycles. The van der Waals surface area contributed by atoms with E-state index in [0.717, 1.165) is 27.1 Å². The minimum absolute atomic E-state index is 0.227. The summed E-state index contributed by atoms with van der Waals surface area (Å²) in [6, 6.07) is 20.6. The van der Waals surface area contributed by atoms with Crippen molar-refractivity contribution >= 4 is 27.8 Å². The van der Waals surface area contributed by atoms with Crippen molar-refractivity contribution in [1.82, 2.24) is 24.4 Å².